The third kappa shape index (κ3) is 4.33. The Balaban J connectivity index is 2.45. The molecule has 1 aromatic carbocycles. The molecule has 140 valence electrons. The molecule has 1 amide bonds. The summed E-state index contributed by atoms with van der Waals surface area (Å²) in [6.45, 7) is 10.1. The molecule has 1 aliphatic carbocycles. The molecule has 0 saturated heterocycles. The third-order valence-corrected chi connectivity index (χ3v) is 6.67. The quantitative estimate of drug-likeness (QED) is 0.729. The molecular weight excluding hydrogens is 338 g/mol. The van der Waals surface area contributed by atoms with Gasteiger partial charge >= 0.3 is 0 Å². The first kappa shape index (κ1) is 19.7. The van der Waals surface area contributed by atoms with Crippen LogP contribution in [0.4, 0.5) is 11.4 Å². The van der Waals surface area contributed by atoms with Crippen molar-refractivity contribution in [3.63, 3.8) is 0 Å². The van der Waals surface area contributed by atoms with Crippen LogP contribution in [0.15, 0.2) is 23.1 Å². The summed E-state index contributed by atoms with van der Waals surface area (Å²) in [6.07, 6.45) is 1.81. The lowest BCUT2D eigenvalue weighted by atomic mass is 10.2. The smallest absolute Gasteiger partial charge is 0.243 e. The highest BCUT2D eigenvalue weighted by Gasteiger charge is 2.31. The Hall–Kier alpha value is -1.60. The number of hydrogen-bond donors (Lipinski definition) is 1. The van der Waals surface area contributed by atoms with Gasteiger partial charge in [0, 0.05) is 32.1 Å². The standard InChI is InChI=1S/C18H29N3O3S/c1-5-20(6-2)17-12-11-15(25(23,24)21(7-3)8-4)13-16(17)19-18(22)14-9-10-14/h11-14H,5-10H2,1-4H3,(H,19,22). The van der Waals surface area contributed by atoms with Crippen molar-refractivity contribution in [2.75, 3.05) is 36.4 Å². The summed E-state index contributed by atoms with van der Waals surface area (Å²) in [7, 11) is -3.56. The van der Waals surface area contributed by atoms with E-state index < -0.39 is 10.0 Å². The van der Waals surface area contributed by atoms with Crippen LogP contribution in [0, 0.1) is 5.92 Å². The second-order valence-corrected chi connectivity index (χ2v) is 8.14. The number of anilines is 2. The zero-order valence-electron chi connectivity index (χ0n) is 15.6. The molecule has 6 nitrogen and oxygen atoms in total. The van der Waals surface area contributed by atoms with E-state index >= 15 is 0 Å². The third-order valence-electron chi connectivity index (χ3n) is 4.62. The predicted octanol–water partition coefficient (Wildman–Crippen LogP) is 2.91. The van der Waals surface area contributed by atoms with Crippen molar-refractivity contribution in [3.05, 3.63) is 18.2 Å². The molecule has 0 heterocycles. The molecular formula is C18H29N3O3S. The van der Waals surface area contributed by atoms with Crippen molar-refractivity contribution in [1.29, 1.82) is 0 Å². The fraction of sp³-hybridized carbons (Fsp3) is 0.611. The summed E-state index contributed by atoms with van der Waals surface area (Å²) in [6, 6.07) is 5.03. The Morgan fingerprint density at radius 1 is 1.08 bits per heavy atom. The summed E-state index contributed by atoms with van der Waals surface area (Å²) in [4.78, 5) is 14.6. The van der Waals surface area contributed by atoms with Crippen LogP contribution in [-0.2, 0) is 14.8 Å². The predicted molar refractivity (Wildman–Crippen MR) is 101 cm³/mol. The van der Waals surface area contributed by atoms with E-state index in [4.69, 9.17) is 0 Å². The zero-order valence-corrected chi connectivity index (χ0v) is 16.4. The van der Waals surface area contributed by atoms with Crippen molar-refractivity contribution in [1.82, 2.24) is 4.31 Å². The minimum absolute atomic E-state index is 0.0224. The Kier molecular flexibility index (Phi) is 6.46. The molecule has 0 aromatic heterocycles. The van der Waals surface area contributed by atoms with Crippen molar-refractivity contribution < 1.29 is 13.2 Å². The van der Waals surface area contributed by atoms with Gasteiger partial charge in [-0.2, -0.15) is 4.31 Å². The van der Waals surface area contributed by atoms with Crippen LogP contribution in [0.1, 0.15) is 40.5 Å². The van der Waals surface area contributed by atoms with Gasteiger partial charge in [-0.1, -0.05) is 13.8 Å². The van der Waals surface area contributed by atoms with Crippen LogP contribution in [0.2, 0.25) is 0 Å². The van der Waals surface area contributed by atoms with E-state index in [2.05, 4.69) is 10.2 Å². The van der Waals surface area contributed by atoms with E-state index in [-0.39, 0.29) is 16.7 Å². The highest BCUT2D eigenvalue weighted by Crippen LogP contribution is 2.34. The van der Waals surface area contributed by atoms with Crippen LogP contribution in [0.3, 0.4) is 0 Å². The van der Waals surface area contributed by atoms with Gasteiger partial charge in [0.05, 0.1) is 16.3 Å². The van der Waals surface area contributed by atoms with Gasteiger partial charge in [0.2, 0.25) is 15.9 Å². The number of benzene rings is 1. The summed E-state index contributed by atoms with van der Waals surface area (Å²) in [5.41, 5.74) is 1.44. The number of sulfonamides is 1. The minimum atomic E-state index is -3.56. The van der Waals surface area contributed by atoms with Gasteiger partial charge < -0.3 is 10.2 Å². The van der Waals surface area contributed by atoms with Crippen LogP contribution < -0.4 is 10.2 Å². The molecule has 0 spiro atoms. The normalized spacial score (nSPS) is 14.6. The number of carbonyl (C=O) groups is 1. The fourth-order valence-electron chi connectivity index (χ4n) is 2.91. The lowest BCUT2D eigenvalue weighted by molar-refractivity contribution is -0.117. The van der Waals surface area contributed by atoms with E-state index in [9.17, 15) is 13.2 Å². The van der Waals surface area contributed by atoms with Crippen LogP contribution in [-0.4, -0.2) is 44.8 Å². The fourth-order valence-corrected chi connectivity index (χ4v) is 4.39. The molecule has 0 atom stereocenters. The Labute approximate surface area is 151 Å². The molecule has 1 fully saturated rings. The van der Waals surface area contributed by atoms with Gasteiger partial charge in [0.15, 0.2) is 0 Å². The average Bonchev–Trinajstić information content (AvgIpc) is 3.43. The van der Waals surface area contributed by atoms with Crippen molar-refractivity contribution >= 4 is 27.3 Å². The summed E-state index contributed by atoms with van der Waals surface area (Å²) in [5.74, 6) is 0.0402. The lowest BCUT2D eigenvalue weighted by Crippen LogP contribution is -2.31. The van der Waals surface area contributed by atoms with Crippen molar-refractivity contribution in [2.24, 2.45) is 5.92 Å². The Bertz CT molecular complexity index is 706. The number of nitrogens with zero attached hydrogens (tertiary/aromatic N) is 2. The highest BCUT2D eigenvalue weighted by molar-refractivity contribution is 7.89. The molecule has 25 heavy (non-hydrogen) atoms. The van der Waals surface area contributed by atoms with E-state index in [1.807, 2.05) is 27.7 Å². The Morgan fingerprint density at radius 3 is 2.16 bits per heavy atom. The number of rotatable bonds is 9. The van der Waals surface area contributed by atoms with Gasteiger partial charge in [0.25, 0.3) is 0 Å². The van der Waals surface area contributed by atoms with Crippen molar-refractivity contribution in [3.8, 4) is 0 Å². The lowest BCUT2D eigenvalue weighted by Gasteiger charge is -2.26. The second-order valence-electron chi connectivity index (χ2n) is 6.20. The molecule has 1 N–H and O–H groups in total. The number of hydrogen-bond acceptors (Lipinski definition) is 4. The SMILES string of the molecule is CCN(CC)c1ccc(S(=O)(=O)N(CC)CC)cc1NC(=O)C1CC1. The molecule has 1 saturated carbocycles. The minimum Gasteiger partial charge on any atom is -0.370 e. The molecule has 1 aliphatic rings. The van der Waals surface area contributed by atoms with Crippen LogP contribution in [0.25, 0.3) is 0 Å². The summed E-state index contributed by atoms with van der Waals surface area (Å²) >= 11 is 0. The van der Waals surface area contributed by atoms with Gasteiger partial charge in [-0.25, -0.2) is 8.42 Å². The topological polar surface area (TPSA) is 69.7 Å². The van der Waals surface area contributed by atoms with Gasteiger partial charge in [-0.15, -0.1) is 0 Å². The molecule has 0 radical (unpaired) electrons. The van der Waals surface area contributed by atoms with Gasteiger partial charge in [0.1, 0.15) is 0 Å². The van der Waals surface area contributed by atoms with E-state index in [0.717, 1.165) is 31.6 Å². The number of carbonyl (C=O) groups excluding carboxylic acids is 1. The van der Waals surface area contributed by atoms with Gasteiger partial charge in [-0.3, -0.25) is 4.79 Å². The summed E-state index contributed by atoms with van der Waals surface area (Å²) in [5, 5.41) is 2.95. The zero-order chi connectivity index (χ0) is 18.6. The van der Waals surface area contributed by atoms with E-state index in [1.54, 1.807) is 18.2 Å². The van der Waals surface area contributed by atoms with Crippen LogP contribution >= 0.6 is 0 Å². The summed E-state index contributed by atoms with van der Waals surface area (Å²) < 4.78 is 27.0. The Morgan fingerprint density at radius 2 is 1.68 bits per heavy atom. The molecule has 0 aliphatic heterocycles. The molecule has 0 unspecified atom stereocenters. The maximum atomic E-state index is 12.8. The van der Waals surface area contributed by atoms with E-state index in [1.165, 1.54) is 4.31 Å². The van der Waals surface area contributed by atoms with Crippen molar-refractivity contribution in [2.45, 2.75) is 45.4 Å². The van der Waals surface area contributed by atoms with Crippen LogP contribution in [0.5, 0.6) is 0 Å². The van der Waals surface area contributed by atoms with E-state index in [0.29, 0.717) is 18.8 Å². The number of nitrogens with one attached hydrogen (secondary N) is 1. The first-order valence-corrected chi connectivity index (χ1v) is 10.5. The maximum Gasteiger partial charge on any atom is 0.243 e. The first-order valence-electron chi connectivity index (χ1n) is 9.08. The average molecular weight is 368 g/mol. The first-order chi connectivity index (χ1) is 11.9. The molecule has 7 heteroatoms. The molecule has 2 rings (SSSR count). The molecule has 1 aromatic rings. The molecule has 0 bridgehead atoms. The van der Waals surface area contributed by atoms with Gasteiger partial charge in [-0.05, 0) is 44.9 Å². The number of amides is 1. The monoisotopic (exact) mass is 367 g/mol. The second kappa shape index (κ2) is 8.19. The maximum absolute atomic E-state index is 12.8. The largest absolute Gasteiger partial charge is 0.370 e. The highest BCUT2D eigenvalue weighted by atomic mass is 32.2.